The molecule has 5 heteroatoms. The van der Waals surface area contributed by atoms with Gasteiger partial charge < -0.3 is 4.57 Å². The van der Waals surface area contributed by atoms with Crippen LogP contribution in [-0.2, 0) is 13.0 Å². The summed E-state index contributed by atoms with van der Waals surface area (Å²) in [6, 6.07) is 10.1. The monoisotopic (exact) mass is 342 g/mol. The van der Waals surface area contributed by atoms with Crippen LogP contribution in [0.1, 0.15) is 36.5 Å². The Morgan fingerprint density at radius 1 is 1.29 bits per heavy atom. The van der Waals surface area contributed by atoms with E-state index in [0.717, 1.165) is 41.7 Å². The van der Waals surface area contributed by atoms with Gasteiger partial charge in [0.1, 0.15) is 11.9 Å². The third-order valence-electron chi connectivity index (χ3n) is 3.63. The predicted octanol–water partition coefficient (Wildman–Crippen LogP) is 3.83. The van der Waals surface area contributed by atoms with E-state index >= 15 is 0 Å². The van der Waals surface area contributed by atoms with E-state index in [1.54, 1.807) is 0 Å². The summed E-state index contributed by atoms with van der Waals surface area (Å²) in [5, 5.41) is 18.0. The van der Waals surface area contributed by atoms with Crippen LogP contribution in [0.25, 0.3) is 11.6 Å². The fourth-order valence-corrected chi connectivity index (χ4v) is 3.01. The third-order valence-corrected chi connectivity index (χ3v) is 4.12. The summed E-state index contributed by atoms with van der Waals surface area (Å²) in [6.07, 6.45) is 6.29. The highest BCUT2D eigenvalue weighted by Gasteiger charge is 2.17. The normalized spacial score (nSPS) is 15.1. The van der Waals surface area contributed by atoms with Crippen LogP contribution in [0.2, 0.25) is 0 Å². The maximum absolute atomic E-state index is 9.49. The van der Waals surface area contributed by atoms with Crippen LogP contribution in [-0.4, -0.2) is 14.8 Å². The Morgan fingerprint density at radius 3 is 3.00 bits per heavy atom. The number of halogens is 1. The molecule has 21 heavy (non-hydrogen) atoms. The molecule has 3 rings (SSSR count). The van der Waals surface area contributed by atoms with E-state index in [2.05, 4.69) is 36.8 Å². The maximum atomic E-state index is 9.49. The lowest BCUT2D eigenvalue weighted by molar-refractivity contribution is 0.627. The van der Waals surface area contributed by atoms with E-state index in [1.807, 2.05) is 30.3 Å². The smallest absolute Gasteiger partial charge is 0.174 e. The van der Waals surface area contributed by atoms with E-state index in [9.17, 15) is 5.26 Å². The second-order valence-electron chi connectivity index (χ2n) is 5.13. The van der Waals surface area contributed by atoms with Crippen LogP contribution >= 0.6 is 15.9 Å². The van der Waals surface area contributed by atoms with Gasteiger partial charge in [0.25, 0.3) is 0 Å². The number of nitrogens with zero attached hydrogens (tertiary/aromatic N) is 4. The molecular formula is C16H15BrN4. The summed E-state index contributed by atoms with van der Waals surface area (Å²) in [7, 11) is 0. The zero-order valence-electron chi connectivity index (χ0n) is 11.6. The minimum atomic E-state index is 0.564. The highest BCUT2D eigenvalue weighted by molar-refractivity contribution is 9.10. The first kappa shape index (κ1) is 14.0. The summed E-state index contributed by atoms with van der Waals surface area (Å²) in [5.41, 5.74) is 1.54. The second kappa shape index (κ2) is 6.23. The van der Waals surface area contributed by atoms with Crippen LogP contribution in [0.15, 0.2) is 28.7 Å². The Bertz CT molecular complexity index is 724. The van der Waals surface area contributed by atoms with Gasteiger partial charge in [0.2, 0.25) is 0 Å². The van der Waals surface area contributed by atoms with Crippen molar-refractivity contribution in [2.45, 2.75) is 32.2 Å². The molecule has 106 valence electrons. The first-order valence-electron chi connectivity index (χ1n) is 7.08. The number of fused-ring (bicyclic) bond motifs is 1. The zero-order chi connectivity index (χ0) is 14.7. The molecule has 0 atom stereocenters. The first-order chi connectivity index (χ1) is 10.3. The zero-order valence-corrected chi connectivity index (χ0v) is 13.2. The van der Waals surface area contributed by atoms with Crippen molar-refractivity contribution < 1.29 is 0 Å². The van der Waals surface area contributed by atoms with Gasteiger partial charge in [-0.1, -0.05) is 34.5 Å². The summed E-state index contributed by atoms with van der Waals surface area (Å²) >= 11 is 3.45. The van der Waals surface area contributed by atoms with E-state index in [-0.39, 0.29) is 0 Å². The van der Waals surface area contributed by atoms with Crippen LogP contribution in [0, 0.1) is 11.3 Å². The van der Waals surface area contributed by atoms with Gasteiger partial charge in [-0.2, -0.15) is 5.26 Å². The first-order valence-corrected chi connectivity index (χ1v) is 7.87. The molecule has 0 unspecified atom stereocenters. The largest absolute Gasteiger partial charge is 0.310 e. The van der Waals surface area contributed by atoms with Crippen LogP contribution < -0.4 is 0 Å². The van der Waals surface area contributed by atoms with Crippen molar-refractivity contribution >= 4 is 27.6 Å². The van der Waals surface area contributed by atoms with Gasteiger partial charge in [-0.3, -0.25) is 0 Å². The summed E-state index contributed by atoms with van der Waals surface area (Å²) in [6.45, 7) is 0.898. The third kappa shape index (κ3) is 3.06. The molecule has 4 nitrogen and oxygen atoms in total. The molecule has 0 spiro atoms. The lowest BCUT2D eigenvalue weighted by Crippen LogP contribution is -2.05. The molecule has 0 amide bonds. The molecule has 1 aromatic carbocycles. The lowest BCUT2D eigenvalue weighted by atomic mass is 10.1. The highest BCUT2D eigenvalue weighted by atomic mass is 79.9. The summed E-state index contributed by atoms with van der Waals surface area (Å²) < 4.78 is 3.09. The van der Waals surface area contributed by atoms with E-state index in [0.29, 0.717) is 11.4 Å². The molecule has 1 aromatic heterocycles. The quantitative estimate of drug-likeness (QED) is 0.779. The van der Waals surface area contributed by atoms with Gasteiger partial charge in [-0.15, -0.1) is 10.2 Å². The molecule has 1 aliphatic rings. The fourth-order valence-electron chi connectivity index (χ4n) is 2.59. The standard InChI is InChI=1S/C16H15BrN4/c17-14-6-4-5-12(10-14)9-13(11-18)16-20-19-15-7-2-1-3-8-21(15)16/h4-6,9-10H,1-3,7-8H2/b13-9+. The fraction of sp³-hybridized carbons (Fsp3) is 0.312. The SMILES string of the molecule is N#C/C(=C\c1cccc(Br)c1)c1nnc2n1CCCCC2. The molecule has 0 saturated carbocycles. The number of nitriles is 1. The molecule has 0 N–H and O–H groups in total. The van der Waals surface area contributed by atoms with E-state index in [4.69, 9.17) is 0 Å². The molecular weight excluding hydrogens is 328 g/mol. The van der Waals surface area contributed by atoms with E-state index < -0.39 is 0 Å². The number of hydrogen-bond donors (Lipinski definition) is 0. The number of allylic oxidation sites excluding steroid dienone is 1. The Balaban J connectivity index is 2.01. The van der Waals surface area contributed by atoms with Crippen molar-refractivity contribution in [3.63, 3.8) is 0 Å². The minimum absolute atomic E-state index is 0.564. The average Bonchev–Trinajstić information content (AvgIpc) is 2.73. The number of aryl methyl sites for hydroxylation is 1. The molecule has 2 heterocycles. The molecule has 1 aliphatic heterocycles. The van der Waals surface area contributed by atoms with Crippen LogP contribution in [0.5, 0.6) is 0 Å². The van der Waals surface area contributed by atoms with Crippen molar-refractivity contribution in [3.05, 3.63) is 46.0 Å². The Morgan fingerprint density at radius 2 is 2.19 bits per heavy atom. The van der Waals surface area contributed by atoms with Crippen molar-refractivity contribution in [1.82, 2.24) is 14.8 Å². The van der Waals surface area contributed by atoms with Gasteiger partial charge in [0.15, 0.2) is 5.82 Å². The second-order valence-corrected chi connectivity index (χ2v) is 6.04. The molecule has 0 fully saturated rings. The van der Waals surface area contributed by atoms with Gasteiger partial charge >= 0.3 is 0 Å². The number of hydrogen-bond acceptors (Lipinski definition) is 3. The molecule has 0 saturated heterocycles. The average molecular weight is 343 g/mol. The molecule has 0 aliphatic carbocycles. The Kier molecular flexibility index (Phi) is 4.16. The van der Waals surface area contributed by atoms with Gasteiger partial charge in [-0.05, 0) is 36.6 Å². The number of rotatable bonds is 2. The van der Waals surface area contributed by atoms with Crippen molar-refractivity contribution in [3.8, 4) is 6.07 Å². The van der Waals surface area contributed by atoms with Crippen LogP contribution in [0.4, 0.5) is 0 Å². The minimum Gasteiger partial charge on any atom is -0.310 e. The van der Waals surface area contributed by atoms with Crippen molar-refractivity contribution in [1.29, 1.82) is 5.26 Å². The van der Waals surface area contributed by atoms with Gasteiger partial charge in [0.05, 0.1) is 5.57 Å². The highest BCUT2D eigenvalue weighted by Crippen LogP contribution is 2.22. The van der Waals surface area contributed by atoms with Gasteiger partial charge in [-0.25, -0.2) is 0 Å². The molecule has 0 radical (unpaired) electrons. The summed E-state index contributed by atoms with van der Waals surface area (Å²) in [5.74, 6) is 1.69. The summed E-state index contributed by atoms with van der Waals surface area (Å²) in [4.78, 5) is 0. The van der Waals surface area contributed by atoms with Gasteiger partial charge in [0, 0.05) is 17.4 Å². The number of benzene rings is 1. The number of aromatic nitrogens is 3. The predicted molar refractivity (Wildman–Crippen MR) is 85.2 cm³/mol. The lowest BCUT2D eigenvalue weighted by Gasteiger charge is -2.05. The maximum Gasteiger partial charge on any atom is 0.174 e. The molecule has 2 aromatic rings. The Hall–Kier alpha value is -1.93. The molecule has 0 bridgehead atoms. The van der Waals surface area contributed by atoms with Crippen molar-refractivity contribution in [2.24, 2.45) is 0 Å². The van der Waals surface area contributed by atoms with Crippen LogP contribution in [0.3, 0.4) is 0 Å². The van der Waals surface area contributed by atoms with Crippen molar-refractivity contribution in [2.75, 3.05) is 0 Å². The Labute approximate surface area is 132 Å². The topological polar surface area (TPSA) is 54.5 Å². The van der Waals surface area contributed by atoms with E-state index in [1.165, 1.54) is 6.42 Å².